The highest BCUT2D eigenvalue weighted by Crippen LogP contribution is 2.13. The molecule has 0 saturated heterocycles. The van der Waals surface area contributed by atoms with Gasteiger partial charge in [0.1, 0.15) is 17.3 Å². The molecule has 2 rings (SSSR count). The molecule has 0 spiro atoms. The Kier molecular flexibility index (Phi) is 8.67. The van der Waals surface area contributed by atoms with Crippen LogP contribution in [0.5, 0.6) is 5.75 Å². The maximum absolute atomic E-state index is 5.55. The molecule has 132 valence electrons. The van der Waals surface area contributed by atoms with E-state index in [0.29, 0.717) is 13.1 Å². The quantitative estimate of drug-likeness (QED) is 0.406. The second kappa shape index (κ2) is 10.2. The fourth-order valence-corrected chi connectivity index (χ4v) is 2.28. The number of hydrogen-bond donors (Lipinski definition) is 2. The van der Waals surface area contributed by atoms with Crippen LogP contribution < -0.4 is 15.4 Å². The number of benzene rings is 1. The minimum Gasteiger partial charge on any atom is -0.497 e. The average molecular weight is 443 g/mol. The number of aliphatic imine (C=N–C) groups is 1. The Morgan fingerprint density at radius 3 is 2.42 bits per heavy atom. The van der Waals surface area contributed by atoms with E-state index >= 15 is 0 Å². The van der Waals surface area contributed by atoms with E-state index in [9.17, 15) is 0 Å². The molecule has 0 bridgehead atoms. The number of guanidine groups is 1. The Morgan fingerprint density at radius 1 is 1.17 bits per heavy atom. The third-order valence-corrected chi connectivity index (χ3v) is 3.51. The highest BCUT2D eigenvalue weighted by Gasteiger charge is 2.05. The highest BCUT2D eigenvalue weighted by molar-refractivity contribution is 14.0. The van der Waals surface area contributed by atoms with Gasteiger partial charge in [-0.25, -0.2) is 4.99 Å². The fourth-order valence-electron chi connectivity index (χ4n) is 2.28. The van der Waals surface area contributed by atoms with Crippen LogP contribution in [0.2, 0.25) is 0 Å². The summed E-state index contributed by atoms with van der Waals surface area (Å²) in [5.74, 6) is 3.52. The summed E-state index contributed by atoms with van der Waals surface area (Å²) in [7, 11) is 1.67. The van der Waals surface area contributed by atoms with Gasteiger partial charge < -0.3 is 19.8 Å². The molecule has 0 radical (unpaired) electrons. The minimum atomic E-state index is 0. The first-order chi connectivity index (χ1) is 11.1. The van der Waals surface area contributed by atoms with Crippen molar-refractivity contribution < 1.29 is 9.15 Å². The van der Waals surface area contributed by atoms with Gasteiger partial charge in [0.15, 0.2) is 5.96 Å². The van der Waals surface area contributed by atoms with Crippen LogP contribution in [0.25, 0.3) is 0 Å². The molecular formula is C18H26IN3O2. The zero-order chi connectivity index (χ0) is 16.7. The monoisotopic (exact) mass is 443 g/mol. The molecule has 0 fully saturated rings. The SMILES string of the molecule is CCNC(=NCc1ccc(OC)cc1)NCc1cc(C)oc1C.I. The van der Waals surface area contributed by atoms with E-state index in [1.54, 1.807) is 7.11 Å². The van der Waals surface area contributed by atoms with E-state index in [-0.39, 0.29) is 24.0 Å². The van der Waals surface area contributed by atoms with E-state index in [0.717, 1.165) is 40.9 Å². The lowest BCUT2D eigenvalue weighted by Gasteiger charge is -2.11. The summed E-state index contributed by atoms with van der Waals surface area (Å²) in [6, 6.07) is 9.99. The van der Waals surface area contributed by atoms with Gasteiger partial charge in [0.05, 0.1) is 13.7 Å². The molecule has 2 aromatic rings. The Labute approximate surface area is 160 Å². The molecule has 1 aromatic carbocycles. The molecule has 5 nitrogen and oxygen atoms in total. The lowest BCUT2D eigenvalue weighted by Crippen LogP contribution is -2.36. The predicted octanol–water partition coefficient (Wildman–Crippen LogP) is 3.78. The lowest BCUT2D eigenvalue weighted by molar-refractivity contribution is 0.414. The van der Waals surface area contributed by atoms with E-state index < -0.39 is 0 Å². The van der Waals surface area contributed by atoms with Crippen LogP contribution in [0.15, 0.2) is 39.7 Å². The molecule has 0 aliphatic rings. The van der Waals surface area contributed by atoms with E-state index in [1.807, 2.05) is 38.1 Å². The van der Waals surface area contributed by atoms with Crippen LogP contribution in [-0.4, -0.2) is 19.6 Å². The number of nitrogens with one attached hydrogen (secondary N) is 2. The Hall–Kier alpha value is -1.70. The summed E-state index contributed by atoms with van der Waals surface area (Å²) < 4.78 is 10.7. The zero-order valence-corrected chi connectivity index (χ0v) is 17.0. The van der Waals surface area contributed by atoms with E-state index in [4.69, 9.17) is 9.15 Å². The summed E-state index contributed by atoms with van der Waals surface area (Å²) in [6.07, 6.45) is 0. The van der Waals surface area contributed by atoms with Gasteiger partial charge in [0.2, 0.25) is 0 Å². The normalized spacial score (nSPS) is 10.9. The van der Waals surface area contributed by atoms with Crippen LogP contribution in [0.1, 0.15) is 29.6 Å². The maximum atomic E-state index is 5.55. The van der Waals surface area contributed by atoms with Crippen molar-refractivity contribution >= 4 is 29.9 Å². The minimum absolute atomic E-state index is 0. The van der Waals surface area contributed by atoms with Crippen molar-refractivity contribution in [3.05, 3.63) is 53.0 Å². The fraction of sp³-hybridized carbons (Fsp3) is 0.389. The van der Waals surface area contributed by atoms with Crippen LogP contribution >= 0.6 is 24.0 Å². The van der Waals surface area contributed by atoms with Gasteiger partial charge in [-0.05, 0) is 44.5 Å². The van der Waals surface area contributed by atoms with Crippen molar-refractivity contribution in [1.82, 2.24) is 10.6 Å². The first kappa shape index (κ1) is 20.3. The number of nitrogens with zero attached hydrogens (tertiary/aromatic N) is 1. The van der Waals surface area contributed by atoms with Crippen LogP contribution in [0.3, 0.4) is 0 Å². The Bertz CT molecular complexity index is 651. The summed E-state index contributed by atoms with van der Waals surface area (Å²) in [5, 5.41) is 6.59. The average Bonchev–Trinajstić information content (AvgIpc) is 2.88. The van der Waals surface area contributed by atoms with Gasteiger partial charge in [0, 0.05) is 18.7 Å². The second-order valence-corrected chi connectivity index (χ2v) is 5.34. The topological polar surface area (TPSA) is 58.8 Å². The number of rotatable bonds is 6. The van der Waals surface area contributed by atoms with Crippen molar-refractivity contribution in [1.29, 1.82) is 0 Å². The summed E-state index contributed by atoms with van der Waals surface area (Å²) in [5.41, 5.74) is 2.29. The van der Waals surface area contributed by atoms with E-state index in [2.05, 4.69) is 28.6 Å². The third-order valence-electron chi connectivity index (χ3n) is 3.51. The van der Waals surface area contributed by atoms with Gasteiger partial charge in [-0.15, -0.1) is 24.0 Å². The first-order valence-corrected chi connectivity index (χ1v) is 7.83. The van der Waals surface area contributed by atoms with Crippen LogP contribution in [0.4, 0.5) is 0 Å². The number of halogens is 1. The van der Waals surface area contributed by atoms with Gasteiger partial charge in [-0.3, -0.25) is 0 Å². The number of furan rings is 1. The van der Waals surface area contributed by atoms with Crippen molar-refractivity contribution in [3.63, 3.8) is 0 Å². The molecule has 0 unspecified atom stereocenters. The predicted molar refractivity (Wildman–Crippen MR) is 108 cm³/mol. The molecule has 24 heavy (non-hydrogen) atoms. The van der Waals surface area contributed by atoms with Gasteiger partial charge in [0.25, 0.3) is 0 Å². The maximum Gasteiger partial charge on any atom is 0.191 e. The summed E-state index contributed by atoms with van der Waals surface area (Å²) in [6.45, 7) is 8.11. The standard InChI is InChI=1S/C18H25N3O2.HI/c1-5-19-18(21-12-16-10-13(2)23-14(16)3)20-11-15-6-8-17(22-4)9-7-15;/h6-10H,5,11-12H2,1-4H3,(H2,19,20,21);1H. The Balaban J connectivity index is 0.00000288. The van der Waals surface area contributed by atoms with Crippen molar-refractivity contribution in [2.24, 2.45) is 4.99 Å². The van der Waals surface area contributed by atoms with Crippen molar-refractivity contribution in [3.8, 4) is 5.75 Å². The molecule has 0 atom stereocenters. The lowest BCUT2D eigenvalue weighted by atomic mass is 10.2. The Morgan fingerprint density at radius 2 is 1.88 bits per heavy atom. The molecule has 0 amide bonds. The molecule has 1 aromatic heterocycles. The largest absolute Gasteiger partial charge is 0.497 e. The van der Waals surface area contributed by atoms with Crippen molar-refractivity contribution in [2.45, 2.75) is 33.9 Å². The van der Waals surface area contributed by atoms with Gasteiger partial charge in [-0.2, -0.15) is 0 Å². The molecule has 0 saturated carbocycles. The van der Waals surface area contributed by atoms with Gasteiger partial charge >= 0.3 is 0 Å². The van der Waals surface area contributed by atoms with Crippen LogP contribution in [-0.2, 0) is 13.1 Å². The summed E-state index contributed by atoms with van der Waals surface area (Å²) in [4.78, 5) is 4.61. The van der Waals surface area contributed by atoms with Gasteiger partial charge in [-0.1, -0.05) is 12.1 Å². The zero-order valence-electron chi connectivity index (χ0n) is 14.7. The molecule has 6 heteroatoms. The first-order valence-electron chi connectivity index (χ1n) is 7.83. The molecule has 1 heterocycles. The highest BCUT2D eigenvalue weighted by atomic mass is 127. The number of methoxy groups -OCH3 is 1. The molecule has 0 aliphatic heterocycles. The molecule has 2 N–H and O–H groups in total. The molecular weight excluding hydrogens is 417 g/mol. The van der Waals surface area contributed by atoms with Crippen LogP contribution in [0, 0.1) is 13.8 Å². The number of ether oxygens (including phenoxy) is 1. The number of aryl methyl sites for hydroxylation is 2. The number of hydrogen-bond acceptors (Lipinski definition) is 3. The smallest absolute Gasteiger partial charge is 0.191 e. The van der Waals surface area contributed by atoms with E-state index in [1.165, 1.54) is 0 Å². The van der Waals surface area contributed by atoms with Crippen molar-refractivity contribution in [2.75, 3.05) is 13.7 Å². The third kappa shape index (κ3) is 6.07. The second-order valence-electron chi connectivity index (χ2n) is 5.34. The summed E-state index contributed by atoms with van der Waals surface area (Å²) >= 11 is 0. The molecule has 0 aliphatic carbocycles.